The molecule has 36 heavy (non-hydrogen) atoms. The number of phenols is 1. The molecule has 1 saturated carbocycles. The molecule has 3 nitrogen and oxygen atoms in total. The van der Waals surface area contributed by atoms with Gasteiger partial charge in [-0.2, -0.15) is 13.2 Å². The van der Waals surface area contributed by atoms with E-state index in [1.165, 1.54) is 6.07 Å². The summed E-state index contributed by atoms with van der Waals surface area (Å²) in [5, 5.41) is 9.29. The number of ether oxygens (including phenoxy) is 2. The highest BCUT2D eigenvalue weighted by Gasteiger charge is 2.27. The topological polar surface area (TPSA) is 38.7 Å². The van der Waals surface area contributed by atoms with Gasteiger partial charge in [-0.05, 0) is 80.3 Å². The van der Waals surface area contributed by atoms with E-state index in [2.05, 4.69) is 0 Å². The van der Waals surface area contributed by atoms with E-state index in [9.17, 15) is 31.4 Å². The minimum Gasteiger partial charge on any atom is -0.505 e. The first-order valence-electron chi connectivity index (χ1n) is 11.6. The van der Waals surface area contributed by atoms with Crippen LogP contribution < -0.4 is 9.47 Å². The minimum atomic E-state index is -1.37. The average molecular weight is 510 g/mol. The smallest absolute Gasteiger partial charge is 0.201 e. The largest absolute Gasteiger partial charge is 0.505 e. The SMILES string of the molecule is CCOc1ccc(-c2ccc(OCC3CCC(c4ccc(O)c(F)c4F)CC3)c(F)c2F)c(F)c1F. The van der Waals surface area contributed by atoms with Crippen molar-refractivity contribution in [3.05, 3.63) is 76.9 Å². The lowest BCUT2D eigenvalue weighted by Gasteiger charge is -2.29. The monoisotopic (exact) mass is 510 g/mol. The molecule has 0 aliphatic heterocycles. The summed E-state index contributed by atoms with van der Waals surface area (Å²) in [7, 11) is 0. The van der Waals surface area contributed by atoms with Gasteiger partial charge in [0.1, 0.15) is 0 Å². The summed E-state index contributed by atoms with van der Waals surface area (Å²) in [4.78, 5) is 0. The van der Waals surface area contributed by atoms with Crippen molar-refractivity contribution in [2.75, 3.05) is 13.2 Å². The standard InChI is InChI=1S/C27H24F6O3/c1-2-35-20-11-8-17(23(29)26(20)32)18-9-12-21(27(33)24(18)30)36-13-14-3-5-15(6-4-14)16-7-10-19(34)25(31)22(16)28/h7-12,14-15,34H,2-6,13H2,1H3. The molecule has 1 aliphatic rings. The van der Waals surface area contributed by atoms with Crippen molar-refractivity contribution in [3.63, 3.8) is 0 Å². The molecule has 0 radical (unpaired) electrons. The Morgan fingerprint density at radius 2 is 1.22 bits per heavy atom. The van der Waals surface area contributed by atoms with E-state index in [4.69, 9.17) is 9.47 Å². The van der Waals surface area contributed by atoms with Gasteiger partial charge in [-0.25, -0.2) is 13.2 Å². The number of aromatic hydroxyl groups is 1. The third-order valence-corrected chi connectivity index (χ3v) is 6.54. The van der Waals surface area contributed by atoms with Gasteiger partial charge in [0.15, 0.2) is 34.7 Å². The number of rotatable bonds is 7. The summed E-state index contributed by atoms with van der Waals surface area (Å²) in [6.07, 6.45) is 2.25. The van der Waals surface area contributed by atoms with E-state index in [0.717, 1.165) is 30.3 Å². The van der Waals surface area contributed by atoms with Crippen LogP contribution in [-0.2, 0) is 0 Å². The molecule has 0 saturated heterocycles. The van der Waals surface area contributed by atoms with Crippen LogP contribution in [0.4, 0.5) is 26.3 Å². The van der Waals surface area contributed by atoms with Crippen molar-refractivity contribution in [3.8, 4) is 28.4 Å². The lowest BCUT2D eigenvalue weighted by Crippen LogP contribution is -2.20. The lowest BCUT2D eigenvalue weighted by atomic mass is 9.79. The Morgan fingerprint density at radius 3 is 1.78 bits per heavy atom. The van der Waals surface area contributed by atoms with Crippen LogP contribution in [0.25, 0.3) is 11.1 Å². The Morgan fingerprint density at radius 1 is 0.667 bits per heavy atom. The summed E-state index contributed by atoms with van der Waals surface area (Å²) in [6.45, 7) is 1.78. The van der Waals surface area contributed by atoms with E-state index < -0.39 is 51.8 Å². The molecule has 0 aromatic heterocycles. The van der Waals surface area contributed by atoms with E-state index in [-0.39, 0.29) is 42.1 Å². The predicted molar refractivity (Wildman–Crippen MR) is 121 cm³/mol. The minimum absolute atomic E-state index is 0.0222. The number of phenolic OH excluding ortho intramolecular Hbond substituents is 1. The average Bonchev–Trinajstić information content (AvgIpc) is 2.87. The molecule has 3 aromatic rings. The molecule has 1 fully saturated rings. The summed E-state index contributed by atoms with van der Waals surface area (Å²) < 4.78 is 96.4. The maximum Gasteiger partial charge on any atom is 0.201 e. The van der Waals surface area contributed by atoms with Gasteiger partial charge in [0.2, 0.25) is 17.5 Å². The molecule has 0 unspecified atom stereocenters. The number of benzene rings is 3. The summed E-state index contributed by atoms with van der Waals surface area (Å²) in [5.74, 6) is -9.35. The Balaban J connectivity index is 1.41. The van der Waals surface area contributed by atoms with Gasteiger partial charge in [0.25, 0.3) is 0 Å². The molecule has 3 aromatic carbocycles. The summed E-state index contributed by atoms with van der Waals surface area (Å²) in [6, 6.07) is 7.02. The van der Waals surface area contributed by atoms with Crippen molar-refractivity contribution < 1.29 is 40.9 Å². The highest BCUT2D eigenvalue weighted by atomic mass is 19.2. The van der Waals surface area contributed by atoms with Gasteiger partial charge in [-0.3, -0.25) is 0 Å². The molecule has 0 heterocycles. The second-order valence-electron chi connectivity index (χ2n) is 8.74. The summed E-state index contributed by atoms with van der Waals surface area (Å²) >= 11 is 0. The number of halogens is 6. The van der Waals surface area contributed by atoms with Gasteiger partial charge in [-0.15, -0.1) is 0 Å². The number of hydrogen-bond acceptors (Lipinski definition) is 3. The first-order chi connectivity index (χ1) is 17.2. The van der Waals surface area contributed by atoms with Crippen LogP contribution in [0, 0.1) is 40.8 Å². The molecule has 0 bridgehead atoms. The summed E-state index contributed by atoms with van der Waals surface area (Å²) in [5.41, 5.74) is -0.704. The lowest BCUT2D eigenvalue weighted by molar-refractivity contribution is 0.191. The van der Waals surface area contributed by atoms with E-state index in [0.29, 0.717) is 25.7 Å². The molecule has 1 N–H and O–H groups in total. The van der Waals surface area contributed by atoms with E-state index in [1.54, 1.807) is 6.92 Å². The van der Waals surface area contributed by atoms with Crippen LogP contribution in [0.2, 0.25) is 0 Å². The molecule has 9 heteroatoms. The normalized spacial score (nSPS) is 17.8. The van der Waals surface area contributed by atoms with Gasteiger partial charge in [-0.1, -0.05) is 6.07 Å². The third-order valence-electron chi connectivity index (χ3n) is 6.54. The number of hydrogen-bond donors (Lipinski definition) is 1. The first-order valence-corrected chi connectivity index (χ1v) is 11.6. The Kier molecular flexibility index (Phi) is 7.66. The maximum absolute atomic E-state index is 14.8. The Bertz CT molecular complexity index is 1250. The second kappa shape index (κ2) is 10.7. The zero-order valence-electron chi connectivity index (χ0n) is 19.4. The van der Waals surface area contributed by atoms with Crippen molar-refractivity contribution in [1.29, 1.82) is 0 Å². The fourth-order valence-corrected chi connectivity index (χ4v) is 4.58. The van der Waals surface area contributed by atoms with Gasteiger partial charge in [0, 0.05) is 11.1 Å². The van der Waals surface area contributed by atoms with Crippen LogP contribution >= 0.6 is 0 Å². The van der Waals surface area contributed by atoms with Crippen molar-refractivity contribution in [2.24, 2.45) is 5.92 Å². The van der Waals surface area contributed by atoms with Gasteiger partial charge < -0.3 is 14.6 Å². The zero-order valence-corrected chi connectivity index (χ0v) is 19.4. The quantitative estimate of drug-likeness (QED) is 0.332. The fourth-order valence-electron chi connectivity index (χ4n) is 4.58. The van der Waals surface area contributed by atoms with Crippen molar-refractivity contribution in [1.82, 2.24) is 0 Å². The molecule has 0 atom stereocenters. The highest BCUT2D eigenvalue weighted by molar-refractivity contribution is 5.67. The van der Waals surface area contributed by atoms with Crippen LogP contribution in [0.3, 0.4) is 0 Å². The van der Waals surface area contributed by atoms with Crippen LogP contribution in [0.15, 0.2) is 36.4 Å². The molecule has 0 spiro atoms. The molecule has 0 amide bonds. The fraction of sp³-hybridized carbons (Fsp3) is 0.333. The van der Waals surface area contributed by atoms with E-state index >= 15 is 0 Å². The van der Waals surface area contributed by atoms with Crippen molar-refractivity contribution in [2.45, 2.75) is 38.5 Å². The van der Waals surface area contributed by atoms with Crippen LogP contribution in [-0.4, -0.2) is 18.3 Å². The molecule has 4 rings (SSSR count). The molecule has 1 aliphatic carbocycles. The third kappa shape index (κ3) is 4.96. The predicted octanol–water partition coefficient (Wildman–Crippen LogP) is 7.65. The van der Waals surface area contributed by atoms with Crippen molar-refractivity contribution >= 4 is 0 Å². The first kappa shape index (κ1) is 25.7. The van der Waals surface area contributed by atoms with E-state index in [1.807, 2.05) is 0 Å². The maximum atomic E-state index is 14.8. The molecular weight excluding hydrogens is 486 g/mol. The zero-order chi connectivity index (χ0) is 26.0. The van der Waals surface area contributed by atoms with Crippen LogP contribution in [0.5, 0.6) is 17.2 Å². The highest BCUT2D eigenvalue weighted by Crippen LogP contribution is 2.39. The Labute approximate surface area is 204 Å². The Hall–Kier alpha value is -3.36. The molecule has 192 valence electrons. The molecular formula is C27H24F6O3. The second-order valence-corrected chi connectivity index (χ2v) is 8.74. The van der Waals surface area contributed by atoms with Gasteiger partial charge in [0.05, 0.1) is 13.2 Å². The van der Waals surface area contributed by atoms with Gasteiger partial charge >= 0.3 is 0 Å². The van der Waals surface area contributed by atoms with Crippen LogP contribution in [0.1, 0.15) is 44.1 Å².